The quantitative estimate of drug-likeness (QED) is 0.736. The SMILES string of the molecule is C[C@H]1CC[C@H](C)[C@@H](c2c(O)c(-c3ccc(O)cc3)cn(O)c2=O)O1. The van der Waals surface area contributed by atoms with Crippen molar-refractivity contribution in [2.45, 2.75) is 38.9 Å². The summed E-state index contributed by atoms with van der Waals surface area (Å²) in [5, 5.41) is 30.1. The second-order valence-electron chi connectivity index (χ2n) is 6.42. The first-order valence-electron chi connectivity index (χ1n) is 8.01. The third-order valence-corrected chi connectivity index (χ3v) is 4.59. The first-order chi connectivity index (χ1) is 11.4. The van der Waals surface area contributed by atoms with Crippen LogP contribution in [0, 0.1) is 5.92 Å². The minimum absolute atomic E-state index is 0.0190. The largest absolute Gasteiger partial charge is 0.508 e. The number of phenolic OH excluding ortho intramolecular Hbond substituents is 1. The number of hydrogen-bond donors (Lipinski definition) is 3. The van der Waals surface area contributed by atoms with E-state index in [1.54, 1.807) is 12.1 Å². The lowest BCUT2D eigenvalue weighted by Gasteiger charge is -2.33. The van der Waals surface area contributed by atoms with Crippen LogP contribution in [0.25, 0.3) is 11.1 Å². The predicted molar refractivity (Wildman–Crippen MR) is 88.3 cm³/mol. The highest BCUT2D eigenvalue weighted by molar-refractivity contribution is 5.71. The normalized spacial score (nSPS) is 24.0. The molecule has 6 nitrogen and oxygen atoms in total. The van der Waals surface area contributed by atoms with Crippen molar-refractivity contribution in [1.29, 1.82) is 0 Å². The molecule has 1 fully saturated rings. The van der Waals surface area contributed by atoms with Gasteiger partial charge in [-0.3, -0.25) is 4.79 Å². The van der Waals surface area contributed by atoms with Gasteiger partial charge in [-0.1, -0.05) is 19.1 Å². The van der Waals surface area contributed by atoms with Crippen LogP contribution in [0.15, 0.2) is 35.3 Å². The fourth-order valence-corrected chi connectivity index (χ4v) is 3.17. The van der Waals surface area contributed by atoms with Gasteiger partial charge in [0.2, 0.25) is 0 Å². The molecule has 3 rings (SSSR count). The van der Waals surface area contributed by atoms with Crippen molar-refractivity contribution >= 4 is 0 Å². The van der Waals surface area contributed by atoms with E-state index < -0.39 is 11.7 Å². The maximum Gasteiger partial charge on any atom is 0.292 e. The molecule has 1 aromatic heterocycles. The Labute approximate surface area is 139 Å². The standard InChI is InChI=1S/C18H21NO5/c1-10-3-4-11(2)24-17(10)15-16(21)14(9-19(23)18(15)22)12-5-7-13(20)8-6-12/h5-11,17,20-21,23H,3-4H2,1-2H3/t10-,11-,17-/m0/s1. The predicted octanol–water partition coefficient (Wildman–Crippen LogP) is 3.04. The highest BCUT2D eigenvalue weighted by atomic mass is 16.5. The van der Waals surface area contributed by atoms with E-state index in [-0.39, 0.29) is 29.1 Å². The third-order valence-electron chi connectivity index (χ3n) is 4.59. The number of phenols is 1. The molecule has 1 aromatic carbocycles. The topological polar surface area (TPSA) is 91.9 Å². The summed E-state index contributed by atoms with van der Waals surface area (Å²) in [5.41, 5.74) is 0.273. The van der Waals surface area contributed by atoms with Gasteiger partial charge >= 0.3 is 0 Å². The van der Waals surface area contributed by atoms with Crippen molar-refractivity contribution in [3.05, 3.63) is 46.4 Å². The van der Waals surface area contributed by atoms with Gasteiger partial charge in [0.1, 0.15) is 11.5 Å². The molecule has 3 N–H and O–H groups in total. The molecule has 1 aliphatic heterocycles. The molecular weight excluding hydrogens is 310 g/mol. The zero-order valence-corrected chi connectivity index (χ0v) is 13.6. The summed E-state index contributed by atoms with van der Waals surface area (Å²) in [7, 11) is 0. The van der Waals surface area contributed by atoms with Crippen molar-refractivity contribution in [3.63, 3.8) is 0 Å². The van der Waals surface area contributed by atoms with E-state index in [2.05, 4.69) is 0 Å². The molecule has 1 saturated heterocycles. The molecule has 0 saturated carbocycles. The fraction of sp³-hybridized carbons (Fsp3) is 0.389. The Kier molecular flexibility index (Phi) is 4.24. The number of nitrogens with zero attached hydrogens (tertiary/aromatic N) is 1. The zero-order valence-electron chi connectivity index (χ0n) is 13.6. The molecule has 2 heterocycles. The number of ether oxygens (including phenoxy) is 1. The average Bonchev–Trinajstić information content (AvgIpc) is 2.55. The monoisotopic (exact) mass is 331 g/mol. The van der Waals surface area contributed by atoms with Crippen LogP contribution in [-0.2, 0) is 4.74 Å². The number of pyridine rings is 1. The maximum absolute atomic E-state index is 12.4. The van der Waals surface area contributed by atoms with Crippen molar-refractivity contribution in [3.8, 4) is 22.6 Å². The summed E-state index contributed by atoms with van der Waals surface area (Å²) in [6.45, 7) is 3.89. The van der Waals surface area contributed by atoms with Crippen LogP contribution >= 0.6 is 0 Å². The molecule has 0 aliphatic carbocycles. The van der Waals surface area contributed by atoms with E-state index in [4.69, 9.17) is 4.74 Å². The van der Waals surface area contributed by atoms with E-state index in [0.29, 0.717) is 15.9 Å². The maximum atomic E-state index is 12.4. The van der Waals surface area contributed by atoms with Gasteiger partial charge in [-0.25, -0.2) is 0 Å². The molecule has 0 amide bonds. The number of rotatable bonds is 2. The number of aromatic nitrogens is 1. The van der Waals surface area contributed by atoms with Crippen LogP contribution in [0.1, 0.15) is 38.4 Å². The summed E-state index contributed by atoms with van der Waals surface area (Å²) in [6.07, 6.45) is 2.35. The van der Waals surface area contributed by atoms with E-state index in [9.17, 15) is 20.2 Å². The molecule has 128 valence electrons. The summed E-state index contributed by atoms with van der Waals surface area (Å²) in [6, 6.07) is 6.16. The molecule has 24 heavy (non-hydrogen) atoms. The third kappa shape index (κ3) is 2.85. The van der Waals surface area contributed by atoms with Crippen LogP contribution in [-0.4, -0.2) is 26.3 Å². The van der Waals surface area contributed by atoms with Gasteiger partial charge in [0.15, 0.2) is 0 Å². The molecule has 0 radical (unpaired) electrons. The highest BCUT2D eigenvalue weighted by Gasteiger charge is 2.33. The van der Waals surface area contributed by atoms with E-state index >= 15 is 0 Å². The minimum Gasteiger partial charge on any atom is -0.508 e. The van der Waals surface area contributed by atoms with E-state index in [0.717, 1.165) is 12.8 Å². The van der Waals surface area contributed by atoms with Gasteiger partial charge in [-0.05, 0) is 43.4 Å². The van der Waals surface area contributed by atoms with Crippen molar-refractivity contribution in [2.24, 2.45) is 5.92 Å². The molecule has 3 atom stereocenters. The number of benzene rings is 1. The summed E-state index contributed by atoms with van der Waals surface area (Å²) < 4.78 is 6.37. The Bertz CT molecular complexity index is 796. The van der Waals surface area contributed by atoms with Crippen LogP contribution in [0.5, 0.6) is 11.5 Å². The number of hydrogen-bond acceptors (Lipinski definition) is 5. The lowest BCUT2D eigenvalue weighted by molar-refractivity contribution is -0.0745. The molecule has 2 aromatic rings. The first kappa shape index (κ1) is 16.4. The van der Waals surface area contributed by atoms with Gasteiger partial charge in [0.25, 0.3) is 5.56 Å². The molecule has 6 heteroatoms. The van der Waals surface area contributed by atoms with Gasteiger partial charge in [0, 0.05) is 5.56 Å². The summed E-state index contributed by atoms with van der Waals surface area (Å²) >= 11 is 0. The second-order valence-corrected chi connectivity index (χ2v) is 6.42. The number of aromatic hydroxyl groups is 2. The van der Waals surface area contributed by atoms with Crippen LogP contribution in [0.3, 0.4) is 0 Å². The molecule has 0 unspecified atom stereocenters. The van der Waals surface area contributed by atoms with Crippen LogP contribution < -0.4 is 5.56 Å². The Morgan fingerprint density at radius 1 is 1.12 bits per heavy atom. The lowest BCUT2D eigenvalue weighted by atomic mass is 9.88. The molecule has 0 bridgehead atoms. The highest BCUT2D eigenvalue weighted by Crippen LogP contribution is 2.41. The molecular formula is C18H21NO5. The average molecular weight is 331 g/mol. The summed E-state index contributed by atoms with van der Waals surface area (Å²) in [4.78, 5) is 12.4. The van der Waals surface area contributed by atoms with Crippen molar-refractivity contribution in [2.75, 3.05) is 0 Å². The van der Waals surface area contributed by atoms with Crippen molar-refractivity contribution < 1.29 is 20.2 Å². The second kappa shape index (κ2) is 6.20. The van der Waals surface area contributed by atoms with Gasteiger partial charge < -0.3 is 20.2 Å². The van der Waals surface area contributed by atoms with Gasteiger partial charge in [-0.2, -0.15) is 4.73 Å². The molecule has 0 spiro atoms. The van der Waals surface area contributed by atoms with Crippen LogP contribution in [0.4, 0.5) is 0 Å². The van der Waals surface area contributed by atoms with Crippen LogP contribution in [0.2, 0.25) is 0 Å². The lowest BCUT2D eigenvalue weighted by Crippen LogP contribution is -2.32. The Morgan fingerprint density at radius 3 is 2.46 bits per heavy atom. The zero-order chi connectivity index (χ0) is 17.4. The van der Waals surface area contributed by atoms with Gasteiger partial charge in [-0.15, -0.1) is 0 Å². The van der Waals surface area contributed by atoms with E-state index in [1.807, 2.05) is 13.8 Å². The summed E-state index contributed by atoms with van der Waals surface area (Å²) in [5.74, 6) is -0.0503. The van der Waals surface area contributed by atoms with E-state index in [1.165, 1.54) is 18.3 Å². The Hall–Kier alpha value is -2.47. The van der Waals surface area contributed by atoms with Crippen molar-refractivity contribution in [1.82, 2.24) is 4.73 Å². The Morgan fingerprint density at radius 2 is 1.79 bits per heavy atom. The van der Waals surface area contributed by atoms with Gasteiger partial charge in [0.05, 0.1) is 24.0 Å². The Balaban J connectivity index is 2.16. The smallest absolute Gasteiger partial charge is 0.292 e. The molecule has 1 aliphatic rings. The minimum atomic E-state index is -0.680. The fourth-order valence-electron chi connectivity index (χ4n) is 3.17. The first-order valence-corrected chi connectivity index (χ1v) is 8.01.